The number of hydrogen-bond acceptors (Lipinski definition) is 6. The summed E-state index contributed by atoms with van der Waals surface area (Å²) in [4.78, 5) is 18.4. The molecule has 1 aliphatic heterocycles. The van der Waals surface area contributed by atoms with Crippen molar-refractivity contribution in [3.8, 4) is 11.5 Å². The maximum Gasteiger partial charge on any atom is 0.229 e. The number of guanidine groups is 1. The summed E-state index contributed by atoms with van der Waals surface area (Å²) in [6.45, 7) is 8.18. The number of nitrogens with zero attached hydrogens (tertiary/aromatic N) is 5. The van der Waals surface area contributed by atoms with Gasteiger partial charge in [0.2, 0.25) is 17.0 Å². The van der Waals surface area contributed by atoms with E-state index >= 15 is 0 Å². The van der Waals surface area contributed by atoms with Crippen LogP contribution in [0.25, 0.3) is 0 Å². The first-order chi connectivity index (χ1) is 17.9. The summed E-state index contributed by atoms with van der Waals surface area (Å²) in [5.74, 6) is 2.42. The molecule has 2 aromatic carbocycles. The number of ether oxygens (including phenoxy) is 2. The van der Waals surface area contributed by atoms with Crippen molar-refractivity contribution in [2.45, 2.75) is 20.4 Å². The summed E-state index contributed by atoms with van der Waals surface area (Å²) in [6.07, 6.45) is 0. The van der Waals surface area contributed by atoms with Crippen LogP contribution >= 0.6 is 12.2 Å². The van der Waals surface area contributed by atoms with Gasteiger partial charge in [-0.25, -0.2) is 9.97 Å². The topological polar surface area (TPSA) is 87.1 Å². The number of piperazine rings is 1. The van der Waals surface area contributed by atoms with Crippen molar-refractivity contribution in [1.82, 2.24) is 19.8 Å². The summed E-state index contributed by atoms with van der Waals surface area (Å²) in [5.41, 5.74) is 3.74. The Morgan fingerprint density at radius 1 is 0.919 bits per heavy atom. The molecule has 10 heteroatoms. The number of anilines is 2. The number of aliphatic imine (C=N–C) groups is 1. The monoisotopic (exact) mass is 519 g/mol. The van der Waals surface area contributed by atoms with Gasteiger partial charge in [-0.15, -0.1) is 0 Å². The molecule has 1 fully saturated rings. The second-order valence-corrected chi connectivity index (χ2v) is 9.17. The number of rotatable bonds is 6. The van der Waals surface area contributed by atoms with Crippen molar-refractivity contribution in [2.75, 3.05) is 51.0 Å². The van der Waals surface area contributed by atoms with E-state index in [1.807, 2.05) is 44.2 Å². The number of methoxy groups -OCH3 is 2. The molecule has 37 heavy (non-hydrogen) atoms. The highest BCUT2D eigenvalue weighted by Gasteiger charge is 2.22. The van der Waals surface area contributed by atoms with Crippen LogP contribution in [0.15, 0.2) is 59.6 Å². The van der Waals surface area contributed by atoms with Gasteiger partial charge in [0, 0.05) is 50.2 Å². The number of aromatic nitrogens is 2. The molecule has 0 amide bonds. The Bertz CT molecular complexity index is 1220. The Hall–Kier alpha value is -3.76. The van der Waals surface area contributed by atoms with Crippen molar-refractivity contribution >= 4 is 34.9 Å². The molecule has 0 unspecified atom stereocenters. The molecule has 4 rings (SSSR count). The summed E-state index contributed by atoms with van der Waals surface area (Å²) < 4.78 is 10.8. The van der Waals surface area contributed by atoms with Crippen molar-refractivity contribution in [1.29, 1.82) is 0 Å². The molecule has 0 bridgehead atoms. The highest BCUT2D eigenvalue weighted by molar-refractivity contribution is 7.80. The SMILES string of the molecule is COc1ccc(OC)c(NC(=S)/N=C(/Nc2nc(C)cc(C)n2)N2CCN(Cc3ccccc3)CC2)c1. The van der Waals surface area contributed by atoms with E-state index in [9.17, 15) is 0 Å². The Morgan fingerprint density at radius 2 is 1.62 bits per heavy atom. The molecule has 0 saturated carbocycles. The average molecular weight is 520 g/mol. The Balaban J connectivity index is 1.52. The molecule has 194 valence electrons. The zero-order valence-electron chi connectivity index (χ0n) is 21.7. The van der Waals surface area contributed by atoms with Crippen molar-refractivity contribution < 1.29 is 9.47 Å². The molecule has 1 aliphatic rings. The normalized spacial score (nSPS) is 14.3. The van der Waals surface area contributed by atoms with Crippen LogP contribution < -0.4 is 20.1 Å². The fourth-order valence-electron chi connectivity index (χ4n) is 4.17. The standard InChI is InChI=1S/C27H33N7O2S/c1-19-16-20(2)29-25(28-19)31-26(32-27(37)30-23-17-22(35-3)10-11-24(23)36-4)34-14-12-33(13-15-34)18-21-8-6-5-7-9-21/h5-11,16-17H,12-15,18H2,1-4H3,(H2,28,29,30,31,32,37). The number of thiocarbonyl (C=S) groups is 1. The zero-order valence-corrected chi connectivity index (χ0v) is 22.5. The predicted octanol–water partition coefficient (Wildman–Crippen LogP) is 4.09. The van der Waals surface area contributed by atoms with E-state index in [1.165, 1.54) is 5.56 Å². The molecule has 0 radical (unpaired) electrons. The number of nitrogens with one attached hydrogen (secondary N) is 2. The predicted molar refractivity (Wildman–Crippen MR) is 152 cm³/mol. The van der Waals surface area contributed by atoms with Gasteiger partial charge in [0.05, 0.1) is 19.9 Å². The second-order valence-electron chi connectivity index (χ2n) is 8.78. The minimum atomic E-state index is 0.283. The third-order valence-corrected chi connectivity index (χ3v) is 6.18. The molecule has 3 aromatic rings. The van der Waals surface area contributed by atoms with Crippen LogP contribution in [0.1, 0.15) is 17.0 Å². The molecule has 0 atom stereocenters. The smallest absolute Gasteiger partial charge is 0.229 e. The largest absolute Gasteiger partial charge is 0.497 e. The molecule has 0 spiro atoms. The lowest BCUT2D eigenvalue weighted by atomic mass is 10.2. The van der Waals surface area contributed by atoms with Crippen LogP contribution in [0.5, 0.6) is 11.5 Å². The van der Waals surface area contributed by atoms with Crippen LogP contribution in [0.3, 0.4) is 0 Å². The van der Waals surface area contributed by atoms with E-state index in [-0.39, 0.29) is 5.11 Å². The fourth-order valence-corrected chi connectivity index (χ4v) is 4.37. The van der Waals surface area contributed by atoms with E-state index in [2.05, 4.69) is 54.7 Å². The quantitative estimate of drug-likeness (QED) is 0.284. The maximum absolute atomic E-state index is 5.63. The highest BCUT2D eigenvalue weighted by Crippen LogP contribution is 2.29. The molecule has 0 aliphatic carbocycles. The fraction of sp³-hybridized carbons (Fsp3) is 0.333. The average Bonchev–Trinajstić information content (AvgIpc) is 2.88. The second kappa shape index (κ2) is 12.5. The highest BCUT2D eigenvalue weighted by atomic mass is 32.1. The Labute approximate surface area is 223 Å². The lowest BCUT2D eigenvalue weighted by molar-refractivity contribution is 0.175. The van der Waals surface area contributed by atoms with Gasteiger partial charge in [0.25, 0.3) is 0 Å². The maximum atomic E-state index is 5.63. The lowest BCUT2D eigenvalue weighted by Gasteiger charge is -2.36. The third-order valence-electron chi connectivity index (χ3n) is 5.98. The van der Waals surface area contributed by atoms with Crippen molar-refractivity contribution in [3.05, 3.63) is 71.5 Å². The molecular formula is C27H33N7O2S. The van der Waals surface area contributed by atoms with Crippen LogP contribution in [0.4, 0.5) is 11.6 Å². The van der Waals surface area contributed by atoms with Crippen LogP contribution in [0.2, 0.25) is 0 Å². The van der Waals surface area contributed by atoms with Crippen LogP contribution in [-0.4, -0.2) is 71.2 Å². The summed E-state index contributed by atoms with van der Waals surface area (Å²) >= 11 is 5.63. The summed E-state index contributed by atoms with van der Waals surface area (Å²) in [5, 5.41) is 6.77. The van der Waals surface area contributed by atoms with Crippen molar-refractivity contribution in [2.24, 2.45) is 4.99 Å². The van der Waals surface area contributed by atoms with E-state index in [0.29, 0.717) is 29.1 Å². The Morgan fingerprint density at radius 3 is 2.27 bits per heavy atom. The zero-order chi connectivity index (χ0) is 26.2. The van der Waals surface area contributed by atoms with Crippen molar-refractivity contribution in [3.63, 3.8) is 0 Å². The summed E-state index contributed by atoms with van der Waals surface area (Å²) in [6, 6.07) is 17.9. The van der Waals surface area contributed by atoms with Gasteiger partial charge in [0.15, 0.2) is 0 Å². The first-order valence-electron chi connectivity index (χ1n) is 12.2. The molecule has 1 saturated heterocycles. The van der Waals surface area contributed by atoms with Gasteiger partial charge in [-0.1, -0.05) is 30.3 Å². The van der Waals surface area contributed by atoms with E-state index in [1.54, 1.807) is 14.2 Å². The van der Waals surface area contributed by atoms with Gasteiger partial charge in [0.1, 0.15) is 11.5 Å². The van der Waals surface area contributed by atoms with Crippen LogP contribution in [0, 0.1) is 13.8 Å². The molecular weight excluding hydrogens is 486 g/mol. The van der Waals surface area contributed by atoms with Gasteiger partial charge >= 0.3 is 0 Å². The minimum absolute atomic E-state index is 0.283. The number of aryl methyl sites for hydroxylation is 2. The lowest BCUT2D eigenvalue weighted by Crippen LogP contribution is -2.50. The van der Waals surface area contributed by atoms with Gasteiger partial charge in [-0.3, -0.25) is 10.2 Å². The Kier molecular flexibility index (Phi) is 8.86. The molecule has 2 heterocycles. The van der Waals surface area contributed by atoms with Gasteiger partial charge in [-0.05, 0) is 49.8 Å². The van der Waals surface area contributed by atoms with Crippen LogP contribution in [-0.2, 0) is 6.54 Å². The van der Waals surface area contributed by atoms with E-state index in [0.717, 1.165) is 44.1 Å². The van der Waals surface area contributed by atoms with E-state index in [4.69, 9.17) is 26.7 Å². The summed E-state index contributed by atoms with van der Waals surface area (Å²) in [7, 11) is 3.23. The van der Waals surface area contributed by atoms with E-state index < -0.39 is 0 Å². The molecule has 9 nitrogen and oxygen atoms in total. The first-order valence-corrected chi connectivity index (χ1v) is 12.6. The number of benzene rings is 2. The molecule has 2 N–H and O–H groups in total. The van der Waals surface area contributed by atoms with Gasteiger partial charge in [-0.2, -0.15) is 4.99 Å². The molecule has 1 aromatic heterocycles. The van der Waals surface area contributed by atoms with Gasteiger partial charge < -0.3 is 19.7 Å². The third kappa shape index (κ3) is 7.37. The number of hydrogen-bond donors (Lipinski definition) is 2. The minimum Gasteiger partial charge on any atom is -0.497 e. The first kappa shape index (κ1) is 26.3.